The topological polar surface area (TPSA) is 128 Å². The molecule has 2 aromatic carbocycles. The van der Waals surface area contributed by atoms with Gasteiger partial charge in [0.2, 0.25) is 16.8 Å². The first-order chi connectivity index (χ1) is 16.8. The van der Waals surface area contributed by atoms with E-state index in [1.165, 1.54) is 37.6 Å². The molecule has 0 spiro atoms. The average molecular weight is 496 g/mol. The van der Waals surface area contributed by atoms with E-state index in [0.717, 1.165) is 4.31 Å². The molecule has 180 valence electrons. The molecule has 0 atom stereocenters. The van der Waals surface area contributed by atoms with Gasteiger partial charge in [0.15, 0.2) is 11.5 Å². The lowest BCUT2D eigenvalue weighted by Crippen LogP contribution is -2.32. The Morgan fingerprint density at radius 3 is 2.49 bits per heavy atom. The van der Waals surface area contributed by atoms with Crippen molar-refractivity contribution in [1.82, 2.24) is 9.29 Å². The predicted molar refractivity (Wildman–Crippen MR) is 124 cm³/mol. The molecule has 0 aliphatic carbocycles. The molecule has 4 aromatic rings. The van der Waals surface area contributed by atoms with Crippen molar-refractivity contribution in [2.24, 2.45) is 0 Å². The lowest BCUT2D eigenvalue weighted by Gasteiger charge is -2.21. The third-order valence-corrected chi connectivity index (χ3v) is 7.39. The number of pyridine rings is 1. The number of aromatic nitrogens is 1. The second-order valence-electron chi connectivity index (χ2n) is 7.78. The minimum atomic E-state index is -4.08. The minimum Gasteiger partial charge on any atom is -0.468 e. The van der Waals surface area contributed by atoms with Crippen molar-refractivity contribution >= 4 is 26.9 Å². The van der Waals surface area contributed by atoms with Crippen LogP contribution in [0.1, 0.15) is 21.7 Å². The first-order valence-corrected chi connectivity index (χ1v) is 12.0. The quantitative estimate of drug-likeness (QED) is 0.387. The van der Waals surface area contributed by atoms with Crippen molar-refractivity contribution in [2.45, 2.75) is 18.0 Å². The van der Waals surface area contributed by atoms with Crippen LogP contribution in [0.2, 0.25) is 0 Å². The lowest BCUT2D eigenvalue weighted by molar-refractivity contribution is 0.0600. The van der Waals surface area contributed by atoms with E-state index in [4.69, 9.17) is 13.9 Å². The number of sulfonamides is 1. The zero-order valence-corrected chi connectivity index (χ0v) is 19.3. The number of ether oxygens (including phenoxy) is 3. The summed E-state index contributed by atoms with van der Waals surface area (Å²) >= 11 is 0. The van der Waals surface area contributed by atoms with E-state index in [9.17, 15) is 18.0 Å². The number of benzene rings is 2. The van der Waals surface area contributed by atoms with Crippen LogP contribution in [-0.4, -0.2) is 37.6 Å². The van der Waals surface area contributed by atoms with Crippen LogP contribution in [0, 0.1) is 0 Å². The highest BCUT2D eigenvalue weighted by atomic mass is 32.2. The number of hydrogen-bond donors (Lipinski definition) is 1. The Morgan fingerprint density at radius 2 is 1.80 bits per heavy atom. The molecule has 0 bridgehead atoms. The van der Waals surface area contributed by atoms with Gasteiger partial charge in [-0.25, -0.2) is 13.2 Å². The molecule has 1 aliphatic rings. The molecule has 1 N–H and O–H groups in total. The Morgan fingerprint density at radius 1 is 1.06 bits per heavy atom. The third-order valence-electron chi connectivity index (χ3n) is 5.59. The first kappa shape index (κ1) is 22.7. The number of furan rings is 1. The molecule has 0 saturated carbocycles. The molecule has 0 amide bonds. The highest BCUT2D eigenvalue weighted by molar-refractivity contribution is 7.89. The monoisotopic (exact) mass is 496 g/mol. The number of carbonyl (C=O) groups is 1. The van der Waals surface area contributed by atoms with Gasteiger partial charge in [0, 0.05) is 23.6 Å². The lowest BCUT2D eigenvalue weighted by atomic mass is 10.1. The van der Waals surface area contributed by atoms with Crippen LogP contribution in [-0.2, 0) is 27.8 Å². The number of hydrogen-bond acceptors (Lipinski definition) is 8. The summed E-state index contributed by atoms with van der Waals surface area (Å²) < 4.78 is 49.1. The minimum absolute atomic E-state index is 0.0442. The predicted octanol–water partition coefficient (Wildman–Crippen LogP) is 3.03. The van der Waals surface area contributed by atoms with Gasteiger partial charge in [-0.15, -0.1) is 0 Å². The Kier molecular flexibility index (Phi) is 5.79. The van der Waals surface area contributed by atoms with Gasteiger partial charge in [-0.1, -0.05) is 0 Å². The average Bonchev–Trinajstić information content (AvgIpc) is 3.54. The molecule has 3 heterocycles. The summed E-state index contributed by atoms with van der Waals surface area (Å²) in [4.78, 5) is 27.3. The summed E-state index contributed by atoms with van der Waals surface area (Å²) in [6.07, 6.45) is 1.44. The van der Waals surface area contributed by atoms with Gasteiger partial charge in [0.05, 0.1) is 35.9 Å². The van der Waals surface area contributed by atoms with Gasteiger partial charge >= 0.3 is 5.97 Å². The van der Waals surface area contributed by atoms with E-state index in [1.54, 1.807) is 30.3 Å². The fraction of sp³-hybridized carbons (Fsp3) is 0.167. The van der Waals surface area contributed by atoms with Crippen LogP contribution in [0.25, 0.3) is 10.9 Å². The molecule has 5 rings (SSSR count). The summed E-state index contributed by atoms with van der Waals surface area (Å²) in [6.45, 7) is -0.235. The molecule has 1 aliphatic heterocycles. The molecule has 11 heteroatoms. The molecule has 0 unspecified atom stereocenters. The first-order valence-electron chi connectivity index (χ1n) is 10.5. The summed E-state index contributed by atoms with van der Waals surface area (Å²) in [5, 5.41) is 0.668. The van der Waals surface area contributed by atoms with Crippen LogP contribution < -0.4 is 15.0 Å². The standard InChI is InChI=1S/C24H20N2O8S/c1-31-24(28)15-4-6-19(7-5-15)35(29,30)26(13-18-3-2-8-32-18)12-17-9-16-10-21-22(34-14-33-21)11-20(16)25-23(17)27/h2-11H,12-14H2,1H3,(H,25,27). The fourth-order valence-electron chi connectivity index (χ4n) is 3.78. The van der Waals surface area contributed by atoms with Crippen LogP contribution in [0.4, 0.5) is 0 Å². The molecule has 0 saturated heterocycles. The van der Waals surface area contributed by atoms with Gasteiger partial charge in [0.1, 0.15) is 5.76 Å². The Labute approximate surface area is 199 Å². The number of carbonyl (C=O) groups excluding carboxylic acids is 1. The SMILES string of the molecule is COC(=O)c1ccc(S(=O)(=O)N(Cc2ccco2)Cc2cc3cc4c(cc3[nH]c2=O)OCO4)cc1. The van der Waals surface area contributed by atoms with Crippen LogP contribution in [0.3, 0.4) is 0 Å². The molecule has 0 fully saturated rings. The Balaban J connectivity index is 1.52. The second kappa shape index (κ2) is 8.93. The summed E-state index contributed by atoms with van der Waals surface area (Å²) in [7, 11) is -2.84. The largest absolute Gasteiger partial charge is 0.468 e. The zero-order chi connectivity index (χ0) is 24.6. The zero-order valence-electron chi connectivity index (χ0n) is 18.5. The van der Waals surface area contributed by atoms with Gasteiger partial charge in [-0.2, -0.15) is 4.31 Å². The Hall–Kier alpha value is -4.09. The van der Waals surface area contributed by atoms with Gasteiger partial charge in [-0.05, 0) is 48.5 Å². The maximum atomic E-state index is 13.6. The van der Waals surface area contributed by atoms with E-state index >= 15 is 0 Å². The number of H-pyrrole nitrogens is 1. The molecular formula is C24H20N2O8S. The smallest absolute Gasteiger partial charge is 0.337 e. The van der Waals surface area contributed by atoms with Crippen molar-refractivity contribution < 1.29 is 31.8 Å². The molecular weight excluding hydrogens is 476 g/mol. The van der Waals surface area contributed by atoms with Gasteiger partial charge < -0.3 is 23.6 Å². The van der Waals surface area contributed by atoms with Crippen LogP contribution in [0.5, 0.6) is 11.5 Å². The van der Waals surface area contributed by atoms with E-state index in [2.05, 4.69) is 9.72 Å². The number of rotatable bonds is 7. The van der Waals surface area contributed by atoms with E-state index in [1.807, 2.05) is 0 Å². The van der Waals surface area contributed by atoms with Crippen LogP contribution in [0.15, 0.2) is 75.0 Å². The van der Waals surface area contributed by atoms with E-state index in [-0.39, 0.29) is 35.9 Å². The maximum Gasteiger partial charge on any atom is 0.337 e. The van der Waals surface area contributed by atoms with Crippen molar-refractivity contribution in [3.05, 3.63) is 88.1 Å². The number of esters is 1. The van der Waals surface area contributed by atoms with Crippen molar-refractivity contribution in [2.75, 3.05) is 13.9 Å². The van der Waals surface area contributed by atoms with Gasteiger partial charge in [-0.3, -0.25) is 4.79 Å². The fourth-order valence-corrected chi connectivity index (χ4v) is 5.17. The summed E-state index contributed by atoms with van der Waals surface area (Å²) in [5.41, 5.74) is 0.560. The number of nitrogens with one attached hydrogen (secondary N) is 1. The molecule has 35 heavy (non-hydrogen) atoms. The van der Waals surface area contributed by atoms with E-state index in [0.29, 0.717) is 28.2 Å². The summed E-state index contributed by atoms with van der Waals surface area (Å²) in [5.74, 6) is 0.893. The third kappa shape index (κ3) is 4.38. The number of fused-ring (bicyclic) bond motifs is 2. The Bertz CT molecular complexity index is 1560. The van der Waals surface area contributed by atoms with Crippen molar-refractivity contribution in [1.29, 1.82) is 0 Å². The molecule has 0 radical (unpaired) electrons. The van der Waals surface area contributed by atoms with Gasteiger partial charge in [0.25, 0.3) is 5.56 Å². The second-order valence-corrected chi connectivity index (χ2v) is 9.72. The van der Waals surface area contributed by atoms with Crippen molar-refractivity contribution in [3.63, 3.8) is 0 Å². The van der Waals surface area contributed by atoms with Crippen LogP contribution >= 0.6 is 0 Å². The molecule has 2 aromatic heterocycles. The highest BCUT2D eigenvalue weighted by Crippen LogP contribution is 2.35. The number of methoxy groups -OCH3 is 1. The normalized spacial score (nSPS) is 12.9. The maximum absolute atomic E-state index is 13.6. The summed E-state index contributed by atoms with van der Waals surface area (Å²) in [6, 6.07) is 13.7. The van der Waals surface area contributed by atoms with Crippen molar-refractivity contribution in [3.8, 4) is 11.5 Å². The number of aromatic amines is 1. The number of nitrogens with zero attached hydrogens (tertiary/aromatic N) is 1. The van der Waals surface area contributed by atoms with E-state index < -0.39 is 21.6 Å². The molecule has 10 nitrogen and oxygen atoms in total. The highest BCUT2D eigenvalue weighted by Gasteiger charge is 2.27.